The van der Waals surface area contributed by atoms with Gasteiger partial charge in [0.2, 0.25) is 0 Å². The van der Waals surface area contributed by atoms with Gasteiger partial charge in [-0.25, -0.2) is 14.4 Å². The van der Waals surface area contributed by atoms with Crippen LogP contribution in [-0.2, 0) is 0 Å². The van der Waals surface area contributed by atoms with Crippen molar-refractivity contribution in [3.63, 3.8) is 0 Å². The van der Waals surface area contributed by atoms with Crippen LogP contribution in [0.25, 0.3) is 33.2 Å². The molecule has 0 radical (unpaired) electrons. The van der Waals surface area contributed by atoms with E-state index in [0.29, 0.717) is 49.1 Å². The Labute approximate surface area is 237 Å². The van der Waals surface area contributed by atoms with Crippen LogP contribution in [0.5, 0.6) is 11.8 Å². The lowest BCUT2D eigenvalue weighted by atomic mass is 10.0. The summed E-state index contributed by atoms with van der Waals surface area (Å²) in [5.74, 6) is 1.47. The number of nitrogens with one attached hydrogen (secondary N) is 1. The highest BCUT2D eigenvalue weighted by Gasteiger charge is 2.46. The highest BCUT2D eigenvalue weighted by Crippen LogP contribution is 2.47. The van der Waals surface area contributed by atoms with Crippen molar-refractivity contribution >= 4 is 27.6 Å². The molecule has 4 aromatic rings. The standard InChI is InChI=1S/C31H34FN7O2/c32-20-7-10-38(14-20)17-31(8-9-31)18-41-30-36-28-26(29(37-30)39-15-21-5-6-22(16-39)34-21)13-33-27(35-28)25-12-23(40)11-19-3-1-2-4-24(19)25/h1-4,11-13,20-22,34,40H,5-10,14-18H2/t20-,21?,22?/m1/s1. The molecular weight excluding hydrogens is 521 g/mol. The molecule has 3 atom stereocenters. The van der Waals surface area contributed by atoms with Crippen LogP contribution in [0.1, 0.15) is 32.1 Å². The fourth-order valence-electron chi connectivity index (χ4n) is 6.91. The molecule has 4 aliphatic rings. The summed E-state index contributed by atoms with van der Waals surface area (Å²) in [6.45, 7) is 4.43. The Morgan fingerprint density at radius 3 is 2.61 bits per heavy atom. The molecule has 3 aliphatic heterocycles. The number of piperazine rings is 1. The Hall–Kier alpha value is -3.63. The summed E-state index contributed by atoms with van der Waals surface area (Å²) in [7, 11) is 0. The molecule has 3 saturated heterocycles. The highest BCUT2D eigenvalue weighted by atomic mass is 19.1. The predicted octanol–water partition coefficient (Wildman–Crippen LogP) is 4.09. The van der Waals surface area contributed by atoms with Crippen molar-refractivity contribution in [1.29, 1.82) is 0 Å². The van der Waals surface area contributed by atoms with Gasteiger partial charge in [-0.1, -0.05) is 24.3 Å². The fraction of sp³-hybridized carbons (Fsp3) is 0.484. The Kier molecular flexibility index (Phi) is 5.96. The maximum atomic E-state index is 13.8. The molecule has 4 fully saturated rings. The number of hydrogen-bond acceptors (Lipinski definition) is 9. The molecule has 8 rings (SSSR count). The molecule has 10 heteroatoms. The maximum absolute atomic E-state index is 13.8. The Morgan fingerprint density at radius 1 is 1.00 bits per heavy atom. The van der Waals surface area contributed by atoms with Gasteiger partial charge in [0.15, 0.2) is 11.5 Å². The van der Waals surface area contributed by atoms with Crippen LogP contribution in [-0.4, -0.2) is 87.5 Å². The summed E-state index contributed by atoms with van der Waals surface area (Å²) in [6, 6.07) is 12.5. The first-order valence-electron chi connectivity index (χ1n) is 14.8. The van der Waals surface area contributed by atoms with Crippen LogP contribution < -0.4 is 15.0 Å². The minimum Gasteiger partial charge on any atom is -0.508 e. The van der Waals surface area contributed by atoms with E-state index in [1.54, 1.807) is 12.1 Å². The van der Waals surface area contributed by atoms with E-state index < -0.39 is 6.17 Å². The minimum atomic E-state index is -0.718. The molecule has 2 N–H and O–H groups in total. The second-order valence-electron chi connectivity index (χ2n) is 12.4. The molecule has 1 saturated carbocycles. The van der Waals surface area contributed by atoms with Crippen LogP contribution in [0.3, 0.4) is 0 Å². The van der Waals surface area contributed by atoms with E-state index in [0.717, 1.165) is 79.4 Å². The first kappa shape index (κ1) is 25.1. The van der Waals surface area contributed by atoms with Gasteiger partial charge in [-0.15, -0.1) is 0 Å². The van der Waals surface area contributed by atoms with Gasteiger partial charge in [-0.3, -0.25) is 4.90 Å². The van der Waals surface area contributed by atoms with E-state index in [-0.39, 0.29) is 11.2 Å². The van der Waals surface area contributed by atoms with Crippen molar-refractivity contribution in [2.24, 2.45) is 5.41 Å². The van der Waals surface area contributed by atoms with E-state index in [1.165, 1.54) is 0 Å². The molecule has 41 heavy (non-hydrogen) atoms. The fourth-order valence-corrected chi connectivity index (χ4v) is 6.91. The van der Waals surface area contributed by atoms with Gasteiger partial charge in [0.05, 0.1) is 12.0 Å². The zero-order valence-electron chi connectivity index (χ0n) is 23.0. The lowest BCUT2D eigenvalue weighted by molar-refractivity contribution is 0.165. The largest absolute Gasteiger partial charge is 0.508 e. The number of likely N-dealkylation sites (tertiary alicyclic amines) is 1. The number of rotatable bonds is 7. The molecule has 2 aromatic heterocycles. The number of phenols is 1. The molecule has 1 aliphatic carbocycles. The second-order valence-corrected chi connectivity index (χ2v) is 12.4. The number of benzene rings is 2. The number of halogens is 1. The number of alkyl halides is 1. The van der Waals surface area contributed by atoms with Crippen molar-refractivity contribution in [1.82, 2.24) is 30.2 Å². The third kappa shape index (κ3) is 4.82. The topological polar surface area (TPSA) is 99.5 Å². The molecule has 0 spiro atoms. The molecular formula is C31H34FN7O2. The number of aromatic hydroxyl groups is 1. The van der Waals surface area contributed by atoms with Crippen LogP contribution in [0.15, 0.2) is 42.6 Å². The van der Waals surface area contributed by atoms with Crippen LogP contribution in [0, 0.1) is 5.41 Å². The summed E-state index contributed by atoms with van der Waals surface area (Å²) >= 11 is 0. The number of ether oxygens (including phenoxy) is 1. The van der Waals surface area contributed by atoms with Gasteiger partial charge in [0.25, 0.3) is 0 Å². The first-order valence-corrected chi connectivity index (χ1v) is 14.8. The third-order valence-corrected chi connectivity index (χ3v) is 9.25. The van der Waals surface area contributed by atoms with Gasteiger partial charge in [-0.05, 0) is 55.0 Å². The lowest BCUT2D eigenvalue weighted by Crippen LogP contribution is -2.51. The molecule has 0 amide bonds. The van der Waals surface area contributed by atoms with E-state index in [2.05, 4.69) is 15.1 Å². The van der Waals surface area contributed by atoms with Crippen LogP contribution in [0.4, 0.5) is 10.2 Å². The maximum Gasteiger partial charge on any atom is 0.320 e. The summed E-state index contributed by atoms with van der Waals surface area (Å²) in [5.41, 5.74) is 1.31. The number of anilines is 1. The molecule has 5 heterocycles. The molecule has 2 unspecified atom stereocenters. The first-order chi connectivity index (χ1) is 20.0. The van der Waals surface area contributed by atoms with Gasteiger partial charge >= 0.3 is 6.01 Å². The Bertz CT molecular complexity index is 1620. The van der Waals surface area contributed by atoms with Crippen molar-refractivity contribution in [3.05, 3.63) is 42.6 Å². The van der Waals surface area contributed by atoms with Crippen molar-refractivity contribution in [3.8, 4) is 23.1 Å². The third-order valence-electron chi connectivity index (χ3n) is 9.25. The van der Waals surface area contributed by atoms with Gasteiger partial charge < -0.3 is 20.1 Å². The number of aromatic nitrogens is 4. The van der Waals surface area contributed by atoms with E-state index >= 15 is 0 Å². The monoisotopic (exact) mass is 555 g/mol. The summed E-state index contributed by atoms with van der Waals surface area (Å²) < 4.78 is 20.1. The predicted molar refractivity (Wildman–Crippen MR) is 155 cm³/mol. The van der Waals surface area contributed by atoms with E-state index in [4.69, 9.17) is 24.7 Å². The zero-order valence-corrected chi connectivity index (χ0v) is 23.0. The van der Waals surface area contributed by atoms with Gasteiger partial charge in [0, 0.05) is 62.0 Å². The summed E-state index contributed by atoms with van der Waals surface area (Å²) in [6.07, 6.45) is 6.18. The number of phenolic OH excluding ortho intramolecular Hbond substituents is 1. The smallest absolute Gasteiger partial charge is 0.320 e. The lowest BCUT2D eigenvalue weighted by Gasteiger charge is -2.34. The number of fused-ring (bicyclic) bond motifs is 4. The van der Waals surface area contributed by atoms with Crippen LogP contribution >= 0.6 is 0 Å². The minimum absolute atomic E-state index is 0.0357. The number of nitrogens with zero attached hydrogens (tertiary/aromatic N) is 6. The Morgan fingerprint density at radius 2 is 1.83 bits per heavy atom. The Balaban J connectivity index is 1.16. The normalized spacial score (nSPS) is 25.3. The van der Waals surface area contributed by atoms with Crippen molar-refractivity contribution in [2.45, 2.75) is 50.4 Å². The molecule has 9 nitrogen and oxygen atoms in total. The summed E-state index contributed by atoms with van der Waals surface area (Å²) in [5, 5.41) is 16.8. The van der Waals surface area contributed by atoms with E-state index in [9.17, 15) is 9.50 Å². The second kappa shape index (κ2) is 9.73. The van der Waals surface area contributed by atoms with Crippen LogP contribution in [0.2, 0.25) is 0 Å². The highest BCUT2D eigenvalue weighted by molar-refractivity contribution is 5.97. The van der Waals surface area contributed by atoms with Crippen molar-refractivity contribution < 1.29 is 14.2 Å². The van der Waals surface area contributed by atoms with E-state index in [1.807, 2.05) is 30.5 Å². The molecule has 2 aromatic carbocycles. The number of hydrogen-bond donors (Lipinski definition) is 2. The average Bonchev–Trinajstić information content (AvgIpc) is 3.50. The quantitative estimate of drug-likeness (QED) is 0.349. The van der Waals surface area contributed by atoms with Gasteiger partial charge in [-0.2, -0.15) is 9.97 Å². The van der Waals surface area contributed by atoms with Gasteiger partial charge in [0.1, 0.15) is 17.7 Å². The average molecular weight is 556 g/mol. The van der Waals surface area contributed by atoms with Crippen molar-refractivity contribution in [2.75, 3.05) is 44.2 Å². The summed E-state index contributed by atoms with van der Waals surface area (Å²) in [4.78, 5) is 23.9. The molecule has 212 valence electrons. The zero-order chi connectivity index (χ0) is 27.6. The molecule has 2 bridgehead atoms. The SMILES string of the molecule is Oc1cc(-c2ncc3c(N4CC5CCC(C4)N5)nc(OCC4(CN5CC[C@@H](F)C5)CC4)nc3n2)c2ccccc2c1.